The van der Waals surface area contributed by atoms with Gasteiger partial charge in [-0.05, 0) is 109 Å². The van der Waals surface area contributed by atoms with Crippen molar-refractivity contribution in [3.05, 3.63) is 119 Å². The van der Waals surface area contributed by atoms with Gasteiger partial charge in [0, 0.05) is 46.3 Å². The van der Waals surface area contributed by atoms with Gasteiger partial charge in [0.25, 0.3) is 0 Å². The Morgan fingerprint density at radius 3 is 2.17 bits per heavy atom. The van der Waals surface area contributed by atoms with Gasteiger partial charge in [-0.3, -0.25) is 4.57 Å². The summed E-state index contributed by atoms with van der Waals surface area (Å²) in [4.78, 5) is 4.87. The van der Waals surface area contributed by atoms with Gasteiger partial charge in [-0.15, -0.1) is 0 Å². The van der Waals surface area contributed by atoms with E-state index in [1.807, 2.05) is 6.20 Å². The highest BCUT2D eigenvalue weighted by molar-refractivity contribution is 6.09. The van der Waals surface area contributed by atoms with E-state index in [0.29, 0.717) is 23.7 Å². The summed E-state index contributed by atoms with van der Waals surface area (Å²) in [6.07, 6.45) is 5.67. The topological polar surface area (TPSA) is 44.9 Å². The average molecular weight is 693 g/mol. The maximum Gasteiger partial charge on any atom is 0.137 e. The molecule has 0 bridgehead atoms. The van der Waals surface area contributed by atoms with Gasteiger partial charge >= 0.3 is 0 Å². The van der Waals surface area contributed by atoms with E-state index in [1.54, 1.807) is 0 Å². The summed E-state index contributed by atoms with van der Waals surface area (Å²) in [5.41, 5.74) is 10.8. The van der Waals surface area contributed by atoms with Crippen LogP contribution in [0, 0.1) is 31.6 Å². The molecule has 5 heteroatoms. The minimum Gasteiger partial charge on any atom is -0.457 e. The Balaban J connectivity index is 1.32. The van der Waals surface area contributed by atoms with Crippen LogP contribution in [-0.2, 0) is 10.8 Å². The second kappa shape index (κ2) is 13.1. The Bertz CT molecular complexity index is 2320. The zero-order valence-electron chi connectivity index (χ0n) is 33.3. The van der Waals surface area contributed by atoms with Crippen LogP contribution in [0.5, 0.6) is 11.5 Å². The van der Waals surface area contributed by atoms with Crippen molar-refractivity contribution in [3.63, 3.8) is 0 Å². The molecular weight excluding hydrogens is 637 g/mol. The number of fused-ring (bicyclic) bond motifs is 3. The molecule has 1 unspecified atom stereocenters. The first-order valence-corrected chi connectivity index (χ1v) is 19.1. The second-order valence-electron chi connectivity index (χ2n) is 17.8. The van der Waals surface area contributed by atoms with Crippen LogP contribution in [0.3, 0.4) is 0 Å². The minimum atomic E-state index is -0.0871. The Hall–Kier alpha value is -4.64. The number of ether oxygens (including phenoxy) is 1. The van der Waals surface area contributed by atoms with Crippen molar-refractivity contribution in [1.29, 1.82) is 0 Å². The smallest absolute Gasteiger partial charge is 0.137 e. The molecule has 5 nitrogen and oxygen atoms in total. The van der Waals surface area contributed by atoms with Gasteiger partial charge in [0.1, 0.15) is 17.3 Å². The number of benzene rings is 3. The van der Waals surface area contributed by atoms with E-state index in [4.69, 9.17) is 14.8 Å². The third-order valence-corrected chi connectivity index (χ3v) is 11.4. The van der Waals surface area contributed by atoms with Gasteiger partial charge in [0.15, 0.2) is 0 Å². The first-order chi connectivity index (χ1) is 24.5. The molecule has 1 aliphatic rings. The molecule has 0 saturated heterocycles. The van der Waals surface area contributed by atoms with Gasteiger partial charge in [0.2, 0.25) is 0 Å². The highest BCUT2D eigenvalue weighted by Crippen LogP contribution is 2.45. The molecule has 6 aromatic rings. The van der Waals surface area contributed by atoms with Gasteiger partial charge in [-0.1, -0.05) is 92.2 Å². The Morgan fingerprint density at radius 1 is 0.769 bits per heavy atom. The molecular formula is C47H56N4O. The molecule has 0 aliphatic heterocycles. The standard InChI is InChI=1S/C47H56N4O/c1-28(2)33-21-29(3)44(30(4)22-33)45-31(5)49-51(32(45)6)36-23-35(47(10,11)12)24-38(26-36)52-37-17-18-40-39-15-13-14-16-41(39)50(42(40)27-37)43-25-34(19-20-48-43)46(7,8)9/h13-21,23-28,30,33,44H,22H2,1-12H3/t30-,33-,44?/m0/s1. The summed E-state index contributed by atoms with van der Waals surface area (Å²) in [7, 11) is 0. The van der Waals surface area contributed by atoms with Crippen molar-refractivity contribution >= 4 is 21.8 Å². The molecule has 0 saturated carbocycles. The summed E-state index contributed by atoms with van der Waals surface area (Å²) in [6, 6.07) is 26.0. The van der Waals surface area contributed by atoms with Crippen molar-refractivity contribution in [2.24, 2.45) is 17.8 Å². The van der Waals surface area contributed by atoms with Gasteiger partial charge < -0.3 is 4.74 Å². The third-order valence-electron chi connectivity index (χ3n) is 11.4. The molecule has 3 aromatic heterocycles. The largest absolute Gasteiger partial charge is 0.457 e. The third kappa shape index (κ3) is 6.48. The molecule has 0 fully saturated rings. The first-order valence-electron chi connectivity index (χ1n) is 19.1. The van der Waals surface area contributed by atoms with Crippen molar-refractivity contribution in [2.75, 3.05) is 0 Å². The highest BCUT2D eigenvalue weighted by atomic mass is 16.5. The fourth-order valence-electron chi connectivity index (χ4n) is 8.46. The monoisotopic (exact) mass is 692 g/mol. The number of nitrogens with zero attached hydrogens (tertiary/aromatic N) is 4. The van der Waals surface area contributed by atoms with E-state index in [0.717, 1.165) is 39.7 Å². The van der Waals surface area contributed by atoms with Gasteiger partial charge in [0.05, 0.1) is 22.4 Å². The molecule has 270 valence electrons. The highest BCUT2D eigenvalue weighted by Gasteiger charge is 2.33. The number of aryl methyl sites for hydroxylation is 1. The summed E-state index contributed by atoms with van der Waals surface area (Å²) in [5, 5.41) is 7.58. The van der Waals surface area contributed by atoms with Crippen LogP contribution < -0.4 is 4.74 Å². The summed E-state index contributed by atoms with van der Waals surface area (Å²) >= 11 is 0. The molecule has 3 aromatic carbocycles. The Morgan fingerprint density at radius 2 is 1.48 bits per heavy atom. The molecule has 52 heavy (non-hydrogen) atoms. The van der Waals surface area contributed by atoms with E-state index in [1.165, 1.54) is 45.2 Å². The molecule has 0 N–H and O–H groups in total. The lowest BCUT2D eigenvalue weighted by atomic mass is 9.69. The Kier molecular flexibility index (Phi) is 9.00. The van der Waals surface area contributed by atoms with E-state index in [9.17, 15) is 0 Å². The van der Waals surface area contributed by atoms with Crippen molar-refractivity contribution in [1.82, 2.24) is 19.3 Å². The first kappa shape index (κ1) is 35.7. The van der Waals surface area contributed by atoms with Crippen LogP contribution in [0.4, 0.5) is 0 Å². The number of hydrogen-bond acceptors (Lipinski definition) is 3. The van der Waals surface area contributed by atoms with E-state index < -0.39 is 0 Å². The summed E-state index contributed by atoms with van der Waals surface area (Å²) in [6.45, 7) is 27.4. The number of para-hydroxylation sites is 1. The lowest BCUT2D eigenvalue weighted by Crippen LogP contribution is -2.24. The SMILES string of the molecule is CC1=C[C@H](C(C)C)C[C@H](C)C1c1c(C)nn(-c2cc(Oc3ccc4c5ccccc5n(-c5cc(C(C)(C)C)ccn5)c4c3)cc(C(C)(C)C)c2)c1C. The fraction of sp³-hybridized carbons (Fsp3) is 0.404. The second-order valence-corrected chi connectivity index (χ2v) is 17.8. The van der Waals surface area contributed by atoms with Crippen molar-refractivity contribution in [3.8, 4) is 23.0 Å². The Labute approximate surface area is 310 Å². The molecule has 3 atom stereocenters. The maximum atomic E-state index is 6.83. The van der Waals surface area contributed by atoms with Gasteiger partial charge in [-0.25, -0.2) is 9.67 Å². The van der Waals surface area contributed by atoms with E-state index in [2.05, 4.69) is 171 Å². The number of allylic oxidation sites excluding steroid dienone is 2. The van der Waals surface area contributed by atoms with E-state index in [-0.39, 0.29) is 10.8 Å². The lowest BCUT2D eigenvalue weighted by molar-refractivity contribution is 0.317. The number of rotatable bonds is 6. The normalized spacial score (nSPS) is 18.4. The zero-order valence-corrected chi connectivity index (χ0v) is 33.3. The molecule has 0 radical (unpaired) electrons. The number of pyridine rings is 1. The lowest BCUT2D eigenvalue weighted by Gasteiger charge is -2.35. The zero-order chi connectivity index (χ0) is 37.3. The molecule has 3 heterocycles. The minimum absolute atomic E-state index is 0.00768. The van der Waals surface area contributed by atoms with Crippen molar-refractivity contribution in [2.45, 2.75) is 106 Å². The van der Waals surface area contributed by atoms with Gasteiger partial charge in [-0.2, -0.15) is 5.10 Å². The van der Waals surface area contributed by atoms with E-state index >= 15 is 0 Å². The fourth-order valence-corrected chi connectivity index (χ4v) is 8.46. The van der Waals surface area contributed by atoms with Crippen LogP contribution in [0.25, 0.3) is 33.3 Å². The van der Waals surface area contributed by atoms with Crippen molar-refractivity contribution < 1.29 is 4.74 Å². The predicted octanol–water partition coefficient (Wildman–Crippen LogP) is 12.7. The summed E-state index contributed by atoms with van der Waals surface area (Å²) < 4.78 is 11.2. The molecule has 0 amide bonds. The van der Waals surface area contributed by atoms with Crippen LogP contribution in [0.15, 0.2) is 90.6 Å². The summed E-state index contributed by atoms with van der Waals surface area (Å²) in [5.74, 6) is 4.72. The molecule has 0 spiro atoms. The predicted molar refractivity (Wildman–Crippen MR) is 218 cm³/mol. The average Bonchev–Trinajstić information content (AvgIpc) is 3.56. The molecule has 1 aliphatic carbocycles. The number of aromatic nitrogens is 4. The molecule has 7 rings (SSSR count). The van der Waals surface area contributed by atoms with Crippen LogP contribution in [-0.4, -0.2) is 19.3 Å². The quantitative estimate of drug-likeness (QED) is 0.163. The van der Waals surface area contributed by atoms with Crippen LogP contribution >= 0.6 is 0 Å². The maximum absolute atomic E-state index is 6.83. The van der Waals surface area contributed by atoms with Crippen LogP contribution in [0.1, 0.15) is 110 Å². The number of hydrogen-bond donors (Lipinski definition) is 0. The van der Waals surface area contributed by atoms with Crippen LogP contribution in [0.2, 0.25) is 0 Å².